The third kappa shape index (κ3) is 4.92. The number of methoxy groups -OCH3 is 1. The molecule has 2 rings (SSSR count). The molecule has 1 aromatic heterocycles. The van der Waals surface area contributed by atoms with Crippen LogP contribution >= 0.6 is 0 Å². The van der Waals surface area contributed by atoms with Crippen molar-refractivity contribution in [2.24, 2.45) is 0 Å². The molecule has 1 aromatic carbocycles. The van der Waals surface area contributed by atoms with E-state index in [4.69, 9.17) is 10.1 Å². The largest absolute Gasteiger partial charge is 0.496 e. The number of ether oxygens (including phenoxy) is 1. The molecule has 0 bridgehead atoms. The molecule has 1 amide bonds. The van der Waals surface area contributed by atoms with E-state index in [-0.39, 0.29) is 18.2 Å². The lowest BCUT2D eigenvalue weighted by Gasteiger charge is -2.16. The first-order valence-electron chi connectivity index (χ1n) is 7.50. The van der Waals surface area contributed by atoms with Crippen LogP contribution in [0, 0.1) is 5.41 Å². The maximum atomic E-state index is 11.9. The number of nitrogens with one attached hydrogen (secondary N) is 2. The third-order valence-corrected chi connectivity index (χ3v) is 3.53. The van der Waals surface area contributed by atoms with Gasteiger partial charge in [-0.1, -0.05) is 31.2 Å². The van der Waals surface area contributed by atoms with Crippen LogP contribution in [0.1, 0.15) is 31.2 Å². The number of nitrogens with zero attached hydrogens (tertiary/aromatic N) is 1. The second-order valence-electron chi connectivity index (χ2n) is 5.39. The van der Waals surface area contributed by atoms with Crippen molar-refractivity contribution in [1.82, 2.24) is 4.98 Å². The van der Waals surface area contributed by atoms with Gasteiger partial charge in [-0.15, -0.1) is 0 Å². The lowest BCUT2D eigenvalue weighted by atomic mass is 9.93. The quantitative estimate of drug-likeness (QED) is 0.767. The standard InChI is InChI=1S/C18H21N3O2/c1-13(15-7-3-4-8-16(15)23-2)11-14(19)12-18(22)21-17-9-5-6-10-20-17/h3-10,13,19H,11-12H2,1-2H3,(H,20,21,22). The first kappa shape index (κ1) is 16.7. The summed E-state index contributed by atoms with van der Waals surface area (Å²) in [7, 11) is 1.64. The van der Waals surface area contributed by atoms with Crippen LogP contribution in [0.3, 0.4) is 0 Å². The van der Waals surface area contributed by atoms with E-state index in [0.717, 1.165) is 11.3 Å². The second-order valence-corrected chi connectivity index (χ2v) is 5.39. The molecule has 0 fully saturated rings. The fourth-order valence-electron chi connectivity index (χ4n) is 2.44. The van der Waals surface area contributed by atoms with Gasteiger partial charge in [-0.25, -0.2) is 4.98 Å². The minimum Gasteiger partial charge on any atom is -0.496 e. The van der Waals surface area contributed by atoms with Gasteiger partial charge in [0, 0.05) is 11.9 Å². The van der Waals surface area contributed by atoms with E-state index in [0.29, 0.717) is 18.0 Å². The van der Waals surface area contributed by atoms with E-state index in [2.05, 4.69) is 10.3 Å². The predicted octanol–water partition coefficient (Wildman–Crippen LogP) is 3.63. The fraction of sp³-hybridized carbons (Fsp3) is 0.278. The van der Waals surface area contributed by atoms with Crippen molar-refractivity contribution in [3.8, 4) is 5.75 Å². The summed E-state index contributed by atoms with van der Waals surface area (Å²) in [4.78, 5) is 16.0. The normalized spacial score (nSPS) is 11.6. The van der Waals surface area contributed by atoms with Gasteiger partial charge in [0.05, 0.1) is 13.5 Å². The van der Waals surface area contributed by atoms with Crippen molar-refractivity contribution in [3.63, 3.8) is 0 Å². The molecule has 0 spiro atoms. The average Bonchev–Trinajstić information content (AvgIpc) is 2.55. The number of anilines is 1. The highest BCUT2D eigenvalue weighted by atomic mass is 16.5. The van der Waals surface area contributed by atoms with Crippen LogP contribution in [-0.4, -0.2) is 23.7 Å². The molecule has 23 heavy (non-hydrogen) atoms. The molecule has 5 nitrogen and oxygen atoms in total. The number of benzene rings is 1. The van der Waals surface area contributed by atoms with E-state index in [1.807, 2.05) is 31.2 Å². The lowest BCUT2D eigenvalue weighted by molar-refractivity contribution is -0.115. The van der Waals surface area contributed by atoms with Crippen LogP contribution in [0.4, 0.5) is 5.82 Å². The van der Waals surface area contributed by atoms with Gasteiger partial charge in [0.1, 0.15) is 11.6 Å². The van der Waals surface area contributed by atoms with Gasteiger partial charge in [0.15, 0.2) is 0 Å². The zero-order chi connectivity index (χ0) is 16.7. The maximum Gasteiger partial charge on any atom is 0.231 e. The zero-order valence-corrected chi connectivity index (χ0v) is 13.4. The van der Waals surface area contributed by atoms with Crippen LogP contribution in [-0.2, 0) is 4.79 Å². The number of pyridine rings is 1. The highest BCUT2D eigenvalue weighted by Crippen LogP contribution is 2.28. The minimum absolute atomic E-state index is 0.0655. The summed E-state index contributed by atoms with van der Waals surface area (Å²) in [5.74, 6) is 1.20. The molecule has 0 aliphatic heterocycles. The first-order chi connectivity index (χ1) is 11.1. The molecule has 0 radical (unpaired) electrons. The predicted molar refractivity (Wildman–Crippen MR) is 91.2 cm³/mol. The van der Waals surface area contributed by atoms with Crippen LogP contribution in [0.5, 0.6) is 5.75 Å². The molecule has 0 aliphatic rings. The molecule has 1 heterocycles. The fourth-order valence-corrected chi connectivity index (χ4v) is 2.44. The Morgan fingerprint density at radius 2 is 2.00 bits per heavy atom. The summed E-state index contributed by atoms with van der Waals surface area (Å²) >= 11 is 0. The van der Waals surface area contributed by atoms with E-state index in [1.165, 1.54) is 0 Å². The number of carbonyl (C=O) groups excluding carboxylic acids is 1. The van der Waals surface area contributed by atoms with Gasteiger partial charge >= 0.3 is 0 Å². The molecule has 5 heteroatoms. The Balaban J connectivity index is 1.90. The highest BCUT2D eigenvalue weighted by molar-refractivity contribution is 6.05. The van der Waals surface area contributed by atoms with Crippen molar-refractivity contribution in [2.75, 3.05) is 12.4 Å². The molecular formula is C18H21N3O2. The Morgan fingerprint density at radius 1 is 1.26 bits per heavy atom. The monoisotopic (exact) mass is 311 g/mol. The Morgan fingerprint density at radius 3 is 2.70 bits per heavy atom. The van der Waals surface area contributed by atoms with E-state index >= 15 is 0 Å². The molecule has 0 aliphatic carbocycles. The summed E-state index contributed by atoms with van der Waals surface area (Å²) in [5.41, 5.74) is 1.43. The maximum absolute atomic E-state index is 11.9. The van der Waals surface area contributed by atoms with Crippen molar-refractivity contribution in [1.29, 1.82) is 5.41 Å². The number of hydrogen-bond donors (Lipinski definition) is 2. The lowest BCUT2D eigenvalue weighted by Crippen LogP contribution is -2.17. The van der Waals surface area contributed by atoms with Crippen LogP contribution in [0.15, 0.2) is 48.7 Å². The Bertz CT molecular complexity index is 671. The van der Waals surface area contributed by atoms with E-state index < -0.39 is 0 Å². The van der Waals surface area contributed by atoms with Crippen molar-refractivity contribution in [2.45, 2.75) is 25.7 Å². The molecule has 0 saturated heterocycles. The number of rotatable bonds is 7. The topological polar surface area (TPSA) is 75.1 Å². The Hall–Kier alpha value is -2.69. The van der Waals surface area contributed by atoms with Crippen LogP contribution < -0.4 is 10.1 Å². The average molecular weight is 311 g/mol. The number of hydrogen-bond acceptors (Lipinski definition) is 4. The smallest absolute Gasteiger partial charge is 0.231 e. The van der Waals surface area contributed by atoms with Crippen LogP contribution in [0.25, 0.3) is 0 Å². The molecule has 2 N–H and O–H groups in total. The highest BCUT2D eigenvalue weighted by Gasteiger charge is 2.15. The van der Waals surface area contributed by atoms with E-state index in [9.17, 15) is 4.79 Å². The van der Waals surface area contributed by atoms with E-state index in [1.54, 1.807) is 31.5 Å². The molecule has 120 valence electrons. The molecular weight excluding hydrogens is 290 g/mol. The van der Waals surface area contributed by atoms with Gasteiger partial charge in [0.2, 0.25) is 5.91 Å². The summed E-state index contributed by atoms with van der Waals surface area (Å²) in [6, 6.07) is 13.1. The second kappa shape index (κ2) is 8.08. The number of aromatic nitrogens is 1. The van der Waals surface area contributed by atoms with Gasteiger partial charge < -0.3 is 15.5 Å². The first-order valence-corrected chi connectivity index (χ1v) is 7.50. The molecule has 2 aromatic rings. The van der Waals surface area contributed by atoms with Gasteiger partial charge in [-0.05, 0) is 36.1 Å². The molecule has 1 atom stereocenters. The molecule has 1 unspecified atom stereocenters. The molecule has 0 saturated carbocycles. The Kier molecular flexibility index (Phi) is 5.86. The number of carbonyl (C=O) groups is 1. The SMILES string of the molecule is COc1ccccc1C(C)CC(=N)CC(=O)Nc1ccccn1. The van der Waals surface area contributed by atoms with Gasteiger partial charge in [0.25, 0.3) is 0 Å². The van der Waals surface area contributed by atoms with Crippen LogP contribution in [0.2, 0.25) is 0 Å². The summed E-state index contributed by atoms with van der Waals surface area (Å²) in [6.45, 7) is 2.03. The summed E-state index contributed by atoms with van der Waals surface area (Å²) in [5, 5.41) is 10.8. The zero-order valence-electron chi connectivity index (χ0n) is 13.4. The van der Waals surface area contributed by atoms with Gasteiger partial charge in [-0.2, -0.15) is 0 Å². The van der Waals surface area contributed by atoms with Crippen molar-refractivity contribution < 1.29 is 9.53 Å². The van der Waals surface area contributed by atoms with Gasteiger partial charge in [-0.3, -0.25) is 4.79 Å². The Labute approximate surface area is 136 Å². The third-order valence-electron chi connectivity index (χ3n) is 3.53. The van der Waals surface area contributed by atoms with Crippen molar-refractivity contribution in [3.05, 3.63) is 54.2 Å². The number of amides is 1. The summed E-state index contributed by atoms with van der Waals surface area (Å²) < 4.78 is 5.35. The van der Waals surface area contributed by atoms with Crippen molar-refractivity contribution >= 4 is 17.4 Å². The number of para-hydroxylation sites is 1. The summed E-state index contributed by atoms with van der Waals surface area (Å²) in [6.07, 6.45) is 2.19. The minimum atomic E-state index is -0.221.